The van der Waals surface area contributed by atoms with Crippen molar-refractivity contribution in [1.29, 1.82) is 0 Å². The predicted molar refractivity (Wildman–Crippen MR) is 72.9 cm³/mol. The lowest BCUT2D eigenvalue weighted by Crippen LogP contribution is -2.33. The molecule has 2 N–H and O–H groups in total. The van der Waals surface area contributed by atoms with E-state index in [1.165, 1.54) is 0 Å². The minimum absolute atomic E-state index is 0.312. The van der Waals surface area contributed by atoms with Crippen LogP contribution in [0, 0.1) is 6.92 Å². The van der Waals surface area contributed by atoms with E-state index in [9.17, 15) is 4.79 Å². The molecule has 0 bridgehead atoms. The Bertz CT molecular complexity index is 539. The van der Waals surface area contributed by atoms with Crippen molar-refractivity contribution in [3.63, 3.8) is 0 Å². The molecule has 0 fully saturated rings. The number of nitrogens with zero attached hydrogens (tertiary/aromatic N) is 2. The van der Waals surface area contributed by atoms with Crippen molar-refractivity contribution in [3.8, 4) is 0 Å². The Kier molecular flexibility index (Phi) is 3.39. The Morgan fingerprint density at radius 3 is 2.94 bits per heavy atom. The van der Waals surface area contributed by atoms with Gasteiger partial charge in [-0.25, -0.2) is 4.79 Å². The van der Waals surface area contributed by atoms with Gasteiger partial charge in [0.1, 0.15) is 11.9 Å². The minimum atomic E-state index is -0.327. The van der Waals surface area contributed by atoms with Crippen LogP contribution in [0.25, 0.3) is 0 Å². The molecule has 94 valence electrons. The lowest BCUT2D eigenvalue weighted by atomic mass is 10.00. The Labute approximate surface area is 111 Å². The Morgan fingerprint density at radius 2 is 2.33 bits per heavy atom. The maximum Gasteiger partial charge on any atom is 0.346 e. The van der Waals surface area contributed by atoms with E-state index in [1.807, 2.05) is 19.1 Å². The Hall–Kier alpha value is -1.81. The van der Waals surface area contributed by atoms with Crippen LogP contribution in [0.3, 0.4) is 0 Å². The van der Waals surface area contributed by atoms with Crippen LogP contribution in [0.15, 0.2) is 35.8 Å². The van der Waals surface area contributed by atoms with Crippen molar-refractivity contribution in [2.45, 2.75) is 13.0 Å². The number of halogens is 1. The minimum Gasteiger partial charge on any atom is -0.385 e. The van der Waals surface area contributed by atoms with Gasteiger partial charge in [0.15, 0.2) is 0 Å². The van der Waals surface area contributed by atoms with Crippen molar-refractivity contribution in [3.05, 3.63) is 47.0 Å². The number of carbonyl (C=O) groups excluding carboxylic acids is 1. The van der Waals surface area contributed by atoms with Gasteiger partial charge in [-0.1, -0.05) is 23.7 Å². The third-order valence-corrected chi connectivity index (χ3v) is 3.15. The van der Waals surface area contributed by atoms with Gasteiger partial charge in [0.05, 0.1) is 0 Å². The van der Waals surface area contributed by atoms with E-state index < -0.39 is 0 Å². The second-order valence-corrected chi connectivity index (χ2v) is 4.60. The summed E-state index contributed by atoms with van der Waals surface area (Å²) in [6.07, 6.45) is 1.66. The van der Waals surface area contributed by atoms with Gasteiger partial charge in [-0.05, 0) is 30.2 Å². The van der Waals surface area contributed by atoms with Gasteiger partial charge in [0.2, 0.25) is 0 Å². The van der Waals surface area contributed by atoms with Crippen molar-refractivity contribution in [1.82, 2.24) is 4.90 Å². The van der Waals surface area contributed by atoms with E-state index in [2.05, 4.69) is 11.6 Å². The fraction of sp³-hybridized carbons (Fsp3) is 0.231. The summed E-state index contributed by atoms with van der Waals surface area (Å²) in [4.78, 5) is 17.1. The van der Waals surface area contributed by atoms with Gasteiger partial charge >= 0.3 is 6.03 Å². The highest BCUT2D eigenvalue weighted by Gasteiger charge is 2.34. The van der Waals surface area contributed by atoms with Crippen molar-refractivity contribution in [2.75, 3.05) is 6.54 Å². The molecule has 1 unspecified atom stereocenters. The zero-order valence-corrected chi connectivity index (χ0v) is 10.8. The fourth-order valence-corrected chi connectivity index (χ4v) is 2.33. The summed E-state index contributed by atoms with van der Waals surface area (Å²) < 4.78 is 0. The lowest BCUT2D eigenvalue weighted by molar-refractivity contribution is 0.212. The van der Waals surface area contributed by atoms with Crippen LogP contribution in [0.1, 0.15) is 17.2 Å². The average molecular weight is 264 g/mol. The second-order valence-electron chi connectivity index (χ2n) is 4.16. The fourth-order valence-electron chi connectivity index (χ4n) is 2.10. The number of benzene rings is 1. The van der Waals surface area contributed by atoms with Crippen molar-refractivity contribution in [2.24, 2.45) is 10.7 Å². The number of carbonyl (C=O) groups is 1. The maximum absolute atomic E-state index is 11.7. The largest absolute Gasteiger partial charge is 0.385 e. The molecular weight excluding hydrogens is 250 g/mol. The third kappa shape index (κ3) is 2.11. The first-order valence-electron chi connectivity index (χ1n) is 5.56. The number of urea groups is 1. The molecule has 1 aliphatic heterocycles. The standard InChI is InChI=1S/C13H14ClN3O/c1-3-6-17-11(12(15)16-13(17)18)10-5-4-9(14)7-8(10)2/h3-5,7,11H,1,6H2,2H3,(H2,15,16,18). The molecule has 2 rings (SSSR count). The van der Waals surface area contributed by atoms with Gasteiger partial charge in [0.25, 0.3) is 0 Å². The van der Waals surface area contributed by atoms with Gasteiger partial charge < -0.3 is 10.6 Å². The zero-order valence-electron chi connectivity index (χ0n) is 10.1. The highest BCUT2D eigenvalue weighted by atomic mass is 35.5. The zero-order chi connectivity index (χ0) is 13.3. The monoisotopic (exact) mass is 263 g/mol. The molecule has 0 aromatic heterocycles. The Morgan fingerprint density at radius 1 is 1.61 bits per heavy atom. The van der Waals surface area contributed by atoms with Crippen LogP contribution >= 0.6 is 11.6 Å². The van der Waals surface area contributed by atoms with Crippen molar-refractivity contribution >= 4 is 23.5 Å². The van der Waals surface area contributed by atoms with Crippen LogP contribution in [0.4, 0.5) is 4.79 Å². The van der Waals surface area contributed by atoms with E-state index in [0.29, 0.717) is 17.4 Å². The molecule has 1 aromatic carbocycles. The molecule has 0 saturated heterocycles. The smallest absolute Gasteiger partial charge is 0.346 e. The number of nitrogens with two attached hydrogens (primary N) is 1. The summed E-state index contributed by atoms with van der Waals surface area (Å²) in [7, 11) is 0. The highest BCUT2D eigenvalue weighted by Crippen LogP contribution is 2.30. The molecule has 1 heterocycles. The SMILES string of the molecule is C=CCN1C(=O)N=C(N)C1c1ccc(Cl)cc1C. The number of hydrogen-bond acceptors (Lipinski definition) is 2. The number of rotatable bonds is 3. The normalized spacial score (nSPS) is 19.0. The van der Waals surface area contributed by atoms with E-state index in [1.54, 1.807) is 17.0 Å². The summed E-state index contributed by atoms with van der Waals surface area (Å²) >= 11 is 5.93. The van der Waals surface area contributed by atoms with Crippen molar-refractivity contribution < 1.29 is 4.79 Å². The predicted octanol–water partition coefficient (Wildman–Crippen LogP) is 2.67. The maximum atomic E-state index is 11.7. The van der Waals surface area contributed by atoms with Gasteiger partial charge in [-0.3, -0.25) is 0 Å². The molecular formula is C13H14ClN3O. The summed E-state index contributed by atoms with van der Waals surface area (Å²) in [5.41, 5.74) is 7.77. The van der Waals surface area contributed by atoms with E-state index in [-0.39, 0.29) is 12.1 Å². The number of aryl methyl sites for hydroxylation is 1. The number of amides is 2. The number of aliphatic imine (C=N–C) groups is 1. The number of amidine groups is 1. The topological polar surface area (TPSA) is 58.7 Å². The first-order chi connectivity index (χ1) is 8.54. The molecule has 0 spiro atoms. The van der Waals surface area contributed by atoms with E-state index >= 15 is 0 Å². The second kappa shape index (κ2) is 4.82. The van der Waals surface area contributed by atoms with E-state index in [0.717, 1.165) is 11.1 Å². The van der Waals surface area contributed by atoms with Gasteiger partial charge in [-0.15, -0.1) is 6.58 Å². The number of hydrogen-bond donors (Lipinski definition) is 1. The molecule has 1 aliphatic rings. The molecule has 4 nitrogen and oxygen atoms in total. The molecule has 0 aliphatic carbocycles. The van der Waals surface area contributed by atoms with Gasteiger partial charge in [-0.2, -0.15) is 4.99 Å². The first-order valence-corrected chi connectivity index (χ1v) is 5.94. The first kappa shape index (κ1) is 12.6. The molecule has 1 aromatic rings. The van der Waals surface area contributed by atoms with Crippen LogP contribution in [0.2, 0.25) is 5.02 Å². The molecule has 18 heavy (non-hydrogen) atoms. The third-order valence-electron chi connectivity index (χ3n) is 2.91. The summed E-state index contributed by atoms with van der Waals surface area (Å²) in [6, 6.07) is 4.85. The van der Waals surface area contributed by atoms with Gasteiger partial charge in [0, 0.05) is 11.6 Å². The van der Waals surface area contributed by atoms with E-state index in [4.69, 9.17) is 17.3 Å². The summed E-state index contributed by atoms with van der Waals surface area (Å²) in [5.74, 6) is 0.312. The quantitative estimate of drug-likeness (QED) is 0.853. The molecule has 5 heteroatoms. The van der Waals surface area contributed by atoms with Crippen LogP contribution in [-0.4, -0.2) is 23.3 Å². The van der Waals surface area contributed by atoms with Crippen LogP contribution < -0.4 is 5.73 Å². The average Bonchev–Trinajstić information content (AvgIpc) is 2.56. The highest BCUT2D eigenvalue weighted by molar-refractivity contribution is 6.30. The molecule has 1 atom stereocenters. The summed E-state index contributed by atoms with van der Waals surface area (Å²) in [6.45, 7) is 5.99. The van der Waals surface area contributed by atoms with Crippen LogP contribution in [-0.2, 0) is 0 Å². The Balaban J connectivity index is 2.44. The molecule has 0 saturated carbocycles. The van der Waals surface area contributed by atoms with Crippen LogP contribution in [0.5, 0.6) is 0 Å². The summed E-state index contributed by atoms with van der Waals surface area (Å²) in [5, 5.41) is 0.659. The molecule has 0 radical (unpaired) electrons. The lowest BCUT2D eigenvalue weighted by Gasteiger charge is -2.24. The molecule has 2 amide bonds.